The van der Waals surface area contributed by atoms with E-state index >= 15 is 0 Å². The van der Waals surface area contributed by atoms with Crippen LogP contribution in [0.25, 0.3) is 11.2 Å². The van der Waals surface area contributed by atoms with Gasteiger partial charge in [-0.25, -0.2) is 4.79 Å². The number of carbonyl (C=O) groups is 1. The van der Waals surface area contributed by atoms with E-state index in [0.29, 0.717) is 6.54 Å². The molecule has 2 aromatic heterocycles. The molecule has 0 N–H and O–H groups in total. The number of methoxy groups -OCH3 is 1. The molecule has 0 saturated carbocycles. The number of halogens is 1. The molecule has 130 valence electrons. The van der Waals surface area contributed by atoms with Gasteiger partial charge in [0, 0.05) is 7.05 Å². The van der Waals surface area contributed by atoms with Gasteiger partial charge in [-0.3, -0.25) is 18.7 Å². The molecule has 8 nitrogen and oxygen atoms in total. The van der Waals surface area contributed by atoms with Gasteiger partial charge in [0.25, 0.3) is 5.56 Å². The van der Waals surface area contributed by atoms with Gasteiger partial charge in [-0.1, -0.05) is 30.3 Å². The zero-order chi connectivity index (χ0) is 18.1. The summed E-state index contributed by atoms with van der Waals surface area (Å²) in [5.41, 5.74) is -0.0730. The van der Waals surface area contributed by atoms with E-state index < -0.39 is 17.2 Å². The molecule has 0 bridgehead atoms. The van der Waals surface area contributed by atoms with E-state index in [1.54, 1.807) is 0 Å². The molecule has 0 unspecified atom stereocenters. The number of rotatable bonds is 4. The number of hydrogen-bond acceptors (Lipinski definition) is 5. The lowest BCUT2D eigenvalue weighted by Gasteiger charge is -2.09. The minimum atomic E-state index is -0.663. The highest BCUT2D eigenvalue weighted by Crippen LogP contribution is 2.18. The van der Waals surface area contributed by atoms with Crippen LogP contribution in [0.1, 0.15) is 5.56 Å². The second kappa shape index (κ2) is 6.56. The highest BCUT2D eigenvalue weighted by Gasteiger charge is 2.21. The quantitative estimate of drug-likeness (QED) is 0.505. The number of fused-ring (bicyclic) bond motifs is 1. The summed E-state index contributed by atoms with van der Waals surface area (Å²) in [5, 5.41) is 0.0557. The molecule has 0 aliphatic heterocycles. The van der Waals surface area contributed by atoms with Gasteiger partial charge in [0.05, 0.1) is 13.7 Å². The summed E-state index contributed by atoms with van der Waals surface area (Å²) in [5.74, 6) is -0.629. The molecule has 0 aliphatic rings. The topological polar surface area (TPSA) is 88.1 Å². The maximum absolute atomic E-state index is 12.6. The summed E-state index contributed by atoms with van der Waals surface area (Å²) >= 11 is 6.21. The van der Waals surface area contributed by atoms with Crippen LogP contribution in [0.3, 0.4) is 0 Å². The van der Waals surface area contributed by atoms with E-state index in [1.807, 2.05) is 30.3 Å². The summed E-state index contributed by atoms with van der Waals surface area (Å²) in [6.07, 6.45) is 0. The number of imidazole rings is 1. The van der Waals surface area contributed by atoms with Gasteiger partial charge in [-0.2, -0.15) is 4.98 Å². The SMILES string of the molecule is COC(=O)Cn1c(=O)n(C)c(=O)c2c1nc(Cl)n2Cc1ccccc1. The smallest absolute Gasteiger partial charge is 0.333 e. The van der Waals surface area contributed by atoms with Crippen molar-refractivity contribution in [1.82, 2.24) is 18.7 Å². The average Bonchev–Trinajstić information content (AvgIpc) is 2.94. The van der Waals surface area contributed by atoms with Gasteiger partial charge in [0.2, 0.25) is 5.28 Å². The van der Waals surface area contributed by atoms with Crippen LogP contribution in [0.5, 0.6) is 0 Å². The molecule has 2 heterocycles. The largest absolute Gasteiger partial charge is 0.468 e. The molecular formula is C16H15ClN4O4. The Balaban J connectivity index is 2.27. The zero-order valence-corrected chi connectivity index (χ0v) is 14.4. The molecule has 3 rings (SSSR count). The third kappa shape index (κ3) is 2.96. The highest BCUT2D eigenvalue weighted by molar-refractivity contribution is 6.29. The lowest BCUT2D eigenvalue weighted by atomic mass is 10.2. The number of esters is 1. The van der Waals surface area contributed by atoms with E-state index in [-0.39, 0.29) is 23.0 Å². The maximum atomic E-state index is 12.6. The third-order valence-electron chi connectivity index (χ3n) is 3.88. The average molecular weight is 363 g/mol. The van der Waals surface area contributed by atoms with Crippen LogP contribution in [0, 0.1) is 0 Å². The van der Waals surface area contributed by atoms with Gasteiger partial charge < -0.3 is 9.30 Å². The Labute approximate surface area is 146 Å². The first-order chi connectivity index (χ1) is 11.9. The minimum Gasteiger partial charge on any atom is -0.468 e. The van der Waals surface area contributed by atoms with Gasteiger partial charge in [0.1, 0.15) is 6.54 Å². The fourth-order valence-corrected chi connectivity index (χ4v) is 2.80. The second-order valence-corrected chi connectivity index (χ2v) is 5.77. The summed E-state index contributed by atoms with van der Waals surface area (Å²) in [6, 6.07) is 9.39. The van der Waals surface area contributed by atoms with Crippen LogP contribution in [0.2, 0.25) is 5.28 Å². The maximum Gasteiger partial charge on any atom is 0.333 e. The van der Waals surface area contributed by atoms with E-state index in [0.717, 1.165) is 14.7 Å². The van der Waals surface area contributed by atoms with Crippen molar-refractivity contribution in [2.75, 3.05) is 7.11 Å². The summed E-state index contributed by atoms with van der Waals surface area (Å²) in [7, 11) is 2.55. The standard InChI is InChI=1S/C16H15ClN4O4/c1-19-14(23)12-13(21(16(19)24)9-11(22)25-2)18-15(17)20(12)8-10-6-4-3-5-7-10/h3-7H,8-9H2,1-2H3. The Bertz CT molecular complexity index is 1070. The summed E-state index contributed by atoms with van der Waals surface area (Å²) in [4.78, 5) is 40.7. The molecule has 3 aromatic rings. The highest BCUT2D eigenvalue weighted by atomic mass is 35.5. The Morgan fingerprint density at radius 1 is 1.20 bits per heavy atom. The first kappa shape index (κ1) is 17.0. The Morgan fingerprint density at radius 3 is 2.52 bits per heavy atom. The number of aromatic nitrogens is 4. The molecule has 0 amide bonds. The Kier molecular flexibility index (Phi) is 4.45. The number of nitrogens with zero attached hydrogens (tertiary/aromatic N) is 4. The molecule has 9 heteroatoms. The lowest BCUT2D eigenvalue weighted by Crippen LogP contribution is -2.40. The second-order valence-electron chi connectivity index (χ2n) is 5.43. The predicted molar refractivity (Wildman–Crippen MR) is 91.8 cm³/mol. The molecule has 0 aliphatic carbocycles. The van der Waals surface area contributed by atoms with Crippen molar-refractivity contribution in [1.29, 1.82) is 0 Å². The van der Waals surface area contributed by atoms with Crippen LogP contribution in [-0.4, -0.2) is 31.8 Å². The van der Waals surface area contributed by atoms with Crippen LogP contribution >= 0.6 is 11.6 Å². The van der Waals surface area contributed by atoms with E-state index in [4.69, 9.17) is 11.6 Å². The van der Waals surface area contributed by atoms with Crippen LogP contribution in [0.4, 0.5) is 0 Å². The van der Waals surface area contributed by atoms with E-state index in [2.05, 4.69) is 9.72 Å². The molecule has 0 fully saturated rings. The monoisotopic (exact) mass is 362 g/mol. The van der Waals surface area contributed by atoms with Crippen molar-refractivity contribution in [3.05, 3.63) is 62.0 Å². The fourth-order valence-electron chi connectivity index (χ4n) is 2.58. The lowest BCUT2D eigenvalue weighted by molar-refractivity contribution is -0.141. The zero-order valence-electron chi connectivity index (χ0n) is 13.6. The number of carbonyl (C=O) groups excluding carboxylic acids is 1. The van der Waals surface area contributed by atoms with E-state index in [9.17, 15) is 14.4 Å². The normalized spacial score (nSPS) is 11.0. The summed E-state index contributed by atoms with van der Waals surface area (Å²) in [6.45, 7) is -0.0551. The first-order valence-corrected chi connectivity index (χ1v) is 7.78. The van der Waals surface area contributed by atoms with Gasteiger partial charge in [0.15, 0.2) is 11.2 Å². The van der Waals surface area contributed by atoms with Crippen LogP contribution in [0.15, 0.2) is 39.9 Å². The fraction of sp³-hybridized carbons (Fsp3) is 0.250. The third-order valence-corrected chi connectivity index (χ3v) is 4.17. The van der Waals surface area contributed by atoms with Crippen molar-refractivity contribution in [2.45, 2.75) is 13.1 Å². The minimum absolute atomic E-state index is 0.0550. The molecular weight excluding hydrogens is 348 g/mol. The molecule has 0 atom stereocenters. The molecule has 25 heavy (non-hydrogen) atoms. The van der Waals surface area contributed by atoms with Crippen molar-refractivity contribution in [3.63, 3.8) is 0 Å². The van der Waals surface area contributed by atoms with Crippen molar-refractivity contribution in [2.24, 2.45) is 7.05 Å². The number of ether oxygens (including phenoxy) is 1. The number of hydrogen-bond donors (Lipinski definition) is 0. The van der Waals surface area contributed by atoms with Crippen LogP contribution in [-0.2, 0) is 29.7 Å². The van der Waals surface area contributed by atoms with Crippen molar-refractivity contribution in [3.8, 4) is 0 Å². The number of benzene rings is 1. The predicted octanol–water partition coefficient (Wildman–Crippen LogP) is 0.771. The Morgan fingerprint density at radius 2 is 1.88 bits per heavy atom. The molecule has 0 saturated heterocycles. The molecule has 0 radical (unpaired) electrons. The van der Waals surface area contributed by atoms with Gasteiger partial charge in [-0.05, 0) is 17.2 Å². The summed E-state index contributed by atoms with van der Waals surface area (Å²) < 4.78 is 8.12. The van der Waals surface area contributed by atoms with Crippen molar-refractivity contribution < 1.29 is 9.53 Å². The Hall–Kier alpha value is -2.87. The first-order valence-electron chi connectivity index (χ1n) is 7.40. The van der Waals surface area contributed by atoms with Gasteiger partial charge in [-0.15, -0.1) is 0 Å². The van der Waals surface area contributed by atoms with Gasteiger partial charge >= 0.3 is 11.7 Å². The molecule has 1 aromatic carbocycles. The van der Waals surface area contributed by atoms with Crippen LogP contribution < -0.4 is 11.2 Å². The van der Waals surface area contributed by atoms with E-state index in [1.165, 1.54) is 18.7 Å². The van der Waals surface area contributed by atoms with Crippen molar-refractivity contribution >= 4 is 28.7 Å². The molecule has 0 spiro atoms.